The number of carbonyl (C=O) groups is 1. The number of nitriles is 3. The second-order valence-corrected chi connectivity index (χ2v) is 3.37. The monoisotopic (exact) mass is 272 g/mol. The number of aromatic hydroxyl groups is 1. The van der Waals surface area contributed by atoms with Gasteiger partial charge in [0, 0.05) is 0 Å². The third kappa shape index (κ3) is 2.81. The first kappa shape index (κ1) is 14.5. The first-order valence-corrected chi connectivity index (χ1v) is 4.92. The Morgan fingerprint density at radius 2 is 1.80 bits per heavy atom. The predicted octanol–water partition coefficient (Wildman–Crippen LogP) is 1.47. The molecule has 0 atom stereocenters. The van der Waals surface area contributed by atoms with Gasteiger partial charge in [0.25, 0.3) is 0 Å². The van der Waals surface area contributed by atoms with Gasteiger partial charge in [-0.3, -0.25) is 0 Å². The highest BCUT2D eigenvalue weighted by Crippen LogP contribution is 2.29. The largest absolute Gasteiger partial charge is 0.503 e. The Kier molecular flexibility index (Phi) is 4.24. The SMILES string of the molecule is N#CC(C#N)=C(C#N)Nc1cc(C(=O)O)cc(F)c1O. The van der Waals surface area contributed by atoms with Gasteiger partial charge in [0.15, 0.2) is 17.1 Å². The van der Waals surface area contributed by atoms with Crippen LogP contribution in [0, 0.1) is 39.8 Å². The van der Waals surface area contributed by atoms with Gasteiger partial charge in [0.05, 0.1) is 11.3 Å². The van der Waals surface area contributed by atoms with Crippen LogP contribution in [-0.2, 0) is 0 Å². The minimum absolute atomic E-state index is 0.443. The molecule has 1 aromatic carbocycles. The summed E-state index contributed by atoms with van der Waals surface area (Å²) in [6.07, 6.45) is 0. The Morgan fingerprint density at radius 3 is 2.25 bits per heavy atom. The molecule has 0 heterocycles. The number of anilines is 1. The van der Waals surface area contributed by atoms with Crippen molar-refractivity contribution in [2.75, 3.05) is 5.32 Å². The van der Waals surface area contributed by atoms with Crippen molar-refractivity contribution in [1.82, 2.24) is 0 Å². The summed E-state index contributed by atoms with van der Waals surface area (Å²) in [7, 11) is 0. The second-order valence-electron chi connectivity index (χ2n) is 3.37. The van der Waals surface area contributed by atoms with E-state index in [4.69, 9.17) is 20.9 Å². The molecular formula is C12H5FN4O3. The van der Waals surface area contributed by atoms with Crippen molar-refractivity contribution in [3.05, 3.63) is 34.8 Å². The molecular weight excluding hydrogens is 267 g/mol. The molecule has 1 rings (SSSR count). The molecule has 0 fully saturated rings. The molecule has 0 aromatic heterocycles. The molecule has 0 aliphatic heterocycles. The Labute approximate surface area is 112 Å². The van der Waals surface area contributed by atoms with Crippen LogP contribution in [0.4, 0.5) is 10.1 Å². The van der Waals surface area contributed by atoms with Crippen LogP contribution in [0.25, 0.3) is 0 Å². The van der Waals surface area contributed by atoms with Gasteiger partial charge in [-0.1, -0.05) is 0 Å². The molecule has 0 spiro atoms. The minimum atomic E-state index is -1.45. The van der Waals surface area contributed by atoms with Crippen molar-refractivity contribution in [3.8, 4) is 24.0 Å². The van der Waals surface area contributed by atoms with Crippen molar-refractivity contribution >= 4 is 11.7 Å². The van der Waals surface area contributed by atoms with E-state index in [9.17, 15) is 14.3 Å². The van der Waals surface area contributed by atoms with Gasteiger partial charge in [0.1, 0.15) is 23.9 Å². The maximum atomic E-state index is 13.3. The number of hydrogen-bond acceptors (Lipinski definition) is 6. The van der Waals surface area contributed by atoms with E-state index in [1.165, 1.54) is 18.2 Å². The van der Waals surface area contributed by atoms with Gasteiger partial charge >= 0.3 is 5.97 Å². The molecule has 0 saturated heterocycles. The molecule has 1 aromatic rings. The Balaban J connectivity index is 3.40. The summed E-state index contributed by atoms with van der Waals surface area (Å²) >= 11 is 0. The zero-order chi connectivity index (χ0) is 15.3. The molecule has 0 bridgehead atoms. The van der Waals surface area contributed by atoms with Gasteiger partial charge < -0.3 is 15.5 Å². The Hall–Kier alpha value is -3.57. The van der Waals surface area contributed by atoms with Crippen molar-refractivity contribution in [2.24, 2.45) is 0 Å². The predicted molar refractivity (Wildman–Crippen MR) is 62.5 cm³/mol. The number of carboxylic acids is 1. The van der Waals surface area contributed by atoms with Crippen LogP contribution in [0.2, 0.25) is 0 Å². The van der Waals surface area contributed by atoms with Crippen molar-refractivity contribution < 1.29 is 19.4 Å². The van der Waals surface area contributed by atoms with Crippen LogP contribution < -0.4 is 5.32 Å². The number of nitrogens with one attached hydrogen (secondary N) is 1. The molecule has 0 unspecified atom stereocenters. The van der Waals surface area contributed by atoms with Gasteiger partial charge in [-0.25, -0.2) is 9.18 Å². The van der Waals surface area contributed by atoms with E-state index in [1.807, 2.05) is 0 Å². The average molecular weight is 272 g/mol. The highest BCUT2D eigenvalue weighted by atomic mass is 19.1. The Bertz CT molecular complexity index is 719. The third-order valence-corrected chi connectivity index (χ3v) is 2.16. The minimum Gasteiger partial charge on any atom is -0.503 e. The van der Waals surface area contributed by atoms with E-state index in [1.54, 1.807) is 0 Å². The fourth-order valence-corrected chi connectivity index (χ4v) is 1.24. The van der Waals surface area contributed by atoms with Gasteiger partial charge in [-0.05, 0) is 12.1 Å². The molecule has 8 heteroatoms. The number of rotatable bonds is 3. The molecule has 3 N–H and O–H groups in total. The molecule has 0 radical (unpaired) electrons. The Morgan fingerprint density at radius 1 is 1.20 bits per heavy atom. The summed E-state index contributed by atoms with van der Waals surface area (Å²) in [5, 5.41) is 46.4. The van der Waals surface area contributed by atoms with Gasteiger partial charge in [0.2, 0.25) is 0 Å². The number of phenols is 1. The topological polar surface area (TPSA) is 141 Å². The molecule has 7 nitrogen and oxygen atoms in total. The van der Waals surface area contributed by atoms with Crippen LogP contribution in [0.3, 0.4) is 0 Å². The summed E-state index contributed by atoms with van der Waals surface area (Å²) in [5.41, 5.74) is -2.04. The summed E-state index contributed by atoms with van der Waals surface area (Å²) in [5.74, 6) is -3.60. The third-order valence-electron chi connectivity index (χ3n) is 2.16. The number of halogens is 1. The standard InChI is InChI=1S/C12H5FN4O3/c13-8-1-6(12(19)20)2-9(11(8)18)17-10(5-16)7(3-14)4-15/h1-2,17-18H,(H,19,20). The van der Waals surface area contributed by atoms with Crippen LogP contribution in [0.15, 0.2) is 23.4 Å². The normalized spacial score (nSPS) is 8.70. The zero-order valence-electron chi connectivity index (χ0n) is 9.68. The first-order valence-electron chi connectivity index (χ1n) is 4.92. The van der Waals surface area contributed by atoms with Crippen molar-refractivity contribution in [1.29, 1.82) is 15.8 Å². The lowest BCUT2D eigenvalue weighted by molar-refractivity contribution is 0.0696. The van der Waals surface area contributed by atoms with E-state index in [0.29, 0.717) is 6.07 Å². The van der Waals surface area contributed by atoms with E-state index < -0.39 is 40.1 Å². The van der Waals surface area contributed by atoms with Gasteiger partial charge in [-0.2, -0.15) is 15.8 Å². The number of phenolic OH excluding ortho intramolecular Hbond substituents is 1. The number of aromatic carboxylic acids is 1. The number of nitrogens with zero attached hydrogens (tertiary/aromatic N) is 3. The highest BCUT2D eigenvalue weighted by Gasteiger charge is 2.16. The van der Waals surface area contributed by atoms with Crippen molar-refractivity contribution in [2.45, 2.75) is 0 Å². The highest BCUT2D eigenvalue weighted by molar-refractivity contribution is 5.90. The molecule has 20 heavy (non-hydrogen) atoms. The molecule has 0 saturated carbocycles. The van der Waals surface area contributed by atoms with E-state index in [-0.39, 0.29) is 0 Å². The molecule has 98 valence electrons. The number of benzene rings is 1. The maximum absolute atomic E-state index is 13.3. The maximum Gasteiger partial charge on any atom is 0.335 e. The smallest absolute Gasteiger partial charge is 0.335 e. The lowest BCUT2D eigenvalue weighted by Gasteiger charge is -2.09. The second kappa shape index (κ2) is 5.85. The average Bonchev–Trinajstić information content (AvgIpc) is 2.42. The summed E-state index contributed by atoms with van der Waals surface area (Å²) in [6.45, 7) is 0. The van der Waals surface area contributed by atoms with E-state index >= 15 is 0 Å². The zero-order valence-corrected chi connectivity index (χ0v) is 9.68. The molecule has 0 aliphatic rings. The number of allylic oxidation sites excluding steroid dienone is 2. The number of hydrogen-bond donors (Lipinski definition) is 3. The summed E-state index contributed by atoms with van der Waals surface area (Å²) in [6, 6.07) is 5.82. The number of carboxylic acid groups (broad SMARTS) is 1. The van der Waals surface area contributed by atoms with Crippen LogP contribution in [-0.4, -0.2) is 16.2 Å². The van der Waals surface area contributed by atoms with Crippen LogP contribution >= 0.6 is 0 Å². The summed E-state index contributed by atoms with van der Waals surface area (Å²) in [4.78, 5) is 10.8. The van der Waals surface area contributed by atoms with E-state index in [0.717, 1.165) is 6.07 Å². The lowest BCUT2D eigenvalue weighted by Crippen LogP contribution is -2.04. The lowest BCUT2D eigenvalue weighted by atomic mass is 10.1. The fraction of sp³-hybridized carbons (Fsp3) is 0. The molecule has 0 aliphatic carbocycles. The van der Waals surface area contributed by atoms with Crippen LogP contribution in [0.5, 0.6) is 5.75 Å². The van der Waals surface area contributed by atoms with Crippen LogP contribution in [0.1, 0.15) is 10.4 Å². The quantitative estimate of drug-likeness (QED) is 0.558. The summed E-state index contributed by atoms with van der Waals surface area (Å²) < 4.78 is 13.3. The fourth-order valence-electron chi connectivity index (χ4n) is 1.24. The first-order chi connectivity index (χ1) is 9.44. The van der Waals surface area contributed by atoms with Crippen molar-refractivity contribution in [3.63, 3.8) is 0 Å². The van der Waals surface area contributed by atoms with Gasteiger partial charge in [-0.15, -0.1) is 0 Å². The molecule has 0 amide bonds. The van der Waals surface area contributed by atoms with E-state index in [2.05, 4.69) is 5.32 Å².